The van der Waals surface area contributed by atoms with Crippen molar-refractivity contribution >= 4 is 49.9 Å². The molecule has 0 aliphatic carbocycles. The Hall–Kier alpha value is -2.35. The first kappa shape index (κ1) is 26.3. The molecule has 4 atom stereocenters. The van der Waals surface area contributed by atoms with Gasteiger partial charge >= 0.3 is 0 Å². The lowest BCUT2D eigenvalue weighted by molar-refractivity contribution is -0.0981. The minimum absolute atomic E-state index is 0.0159. The highest BCUT2D eigenvalue weighted by atomic mass is 79.9. The summed E-state index contributed by atoms with van der Waals surface area (Å²) in [6.45, 7) is -1.80. The molecule has 0 aliphatic rings. The summed E-state index contributed by atoms with van der Waals surface area (Å²) in [5.74, 6) is -0.215. The number of halogens is 4. The molecule has 34 heavy (non-hydrogen) atoms. The number of hydrogen-bond acceptors (Lipinski definition) is 9. The van der Waals surface area contributed by atoms with E-state index < -0.39 is 43.5 Å². The molecule has 0 amide bonds. The van der Waals surface area contributed by atoms with Crippen molar-refractivity contribution in [1.82, 2.24) is 9.97 Å². The first-order valence-corrected chi connectivity index (χ1v) is 11.0. The van der Waals surface area contributed by atoms with Crippen LogP contribution < -0.4 is 14.8 Å². The third kappa shape index (κ3) is 5.65. The van der Waals surface area contributed by atoms with Crippen LogP contribution in [0.15, 0.2) is 35.1 Å². The Morgan fingerprint density at radius 3 is 2.47 bits per heavy atom. The number of nitrogens with zero attached hydrogens (tertiary/aromatic N) is 2. The van der Waals surface area contributed by atoms with E-state index in [-0.39, 0.29) is 28.0 Å². The number of aromatic nitrogens is 2. The van der Waals surface area contributed by atoms with Crippen LogP contribution >= 0.6 is 27.5 Å². The predicted octanol–water partition coefficient (Wildman–Crippen LogP) is 2.73. The van der Waals surface area contributed by atoms with Crippen LogP contribution in [0.4, 0.5) is 20.3 Å². The Balaban J connectivity index is 1.96. The normalized spacial score (nSPS) is 15.0. The highest BCUT2D eigenvalue weighted by molar-refractivity contribution is 9.10. The molecular weight excluding hydrogens is 544 g/mol. The summed E-state index contributed by atoms with van der Waals surface area (Å²) in [5.41, 5.74) is 0.386. The van der Waals surface area contributed by atoms with Gasteiger partial charge in [-0.2, -0.15) is 0 Å². The fourth-order valence-corrected chi connectivity index (χ4v) is 3.56. The molecule has 1 aromatic heterocycles. The van der Waals surface area contributed by atoms with Gasteiger partial charge in [0, 0.05) is 15.9 Å². The van der Waals surface area contributed by atoms with Gasteiger partial charge in [0.15, 0.2) is 23.8 Å². The number of methoxy groups -OCH3 is 1. The summed E-state index contributed by atoms with van der Waals surface area (Å²) in [6.07, 6.45) is -6.24. The van der Waals surface area contributed by atoms with Gasteiger partial charge in [-0.05, 0) is 34.1 Å². The minimum Gasteiger partial charge on any atom is -0.493 e. The van der Waals surface area contributed by atoms with Crippen LogP contribution in [0.5, 0.6) is 11.5 Å². The summed E-state index contributed by atoms with van der Waals surface area (Å²) in [7, 11) is 1.33. The van der Waals surface area contributed by atoms with Crippen LogP contribution in [0.1, 0.15) is 0 Å². The number of fused-ring (bicyclic) bond motifs is 1. The van der Waals surface area contributed by atoms with Gasteiger partial charge in [0.05, 0.1) is 36.6 Å². The van der Waals surface area contributed by atoms with Gasteiger partial charge in [-0.1, -0.05) is 11.6 Å². The number of aliphatic hydroxyl groups is 4. The van der Waals surface area contributed by atoms with E-state index in [2.05, 4.69) is 31.2 Å². The van der Waals surface area contributed by atoms with Crippen LogP contribution in [0.2, 0.25) is 5.02 Å². The minimum atomic E-state index is -2.14. The van der Waals surface area contributed by atoms with Crippen LogP contribution in [0.25, 0.3) is 10.9 Å². The van der Waals surface area contributed by atoms with E-state index in [4.69, 9.17) is 26.2 Å². The van der Waals surface area contributed by atoms with Crippen LogP contribution in [0, 0.1) is 5.82 Å². The number of nitrogens with one attached hydrogen (secondary N) is 1. The van der Waals surface area contributed by atoms with Crippen molar-refractivity contribution in [3.63, 3.8) is 0 Å². The fraction of sp³-hybridized carbons (Fsp3) is 0.333. The zero-order valence-electron chi connectivity index (χ0n) is 17.6. The van der Waals surface area contributed by atoms with E-state index in [9.17, 15) is 24.1 Å². The second-order valence-electron chi connectivity index (χ2n) is 7.13. The molecule has 1 heterocycles. The van der Waals surface area contributed by atoms with Crippen molar-refractivity contribution in [2.45, 2.75) is 24.5 Å². The van der Waals surface area contributed by atoms with Gasteiger partial charge in [-0.15, -0.1) is 0 Å². The molecule has 0 spiro atoms. The monoisotopic (exact) mass is 563 g/mol. The number of benzene rings is 2. The number of hydrogen-bond donors (Lipinski definition) is 5. The second kappa shape index (κ2) is 11.4. The topological polar surface area (TPSA) is 137 Å². The van der Waals surface area contributed by atoms with Gasteiger partial charge in [-0.25, -0.2) is 18.7 Å². The van der Waals surface area contributed by atoms with E-state index in [0.717, 1.165) is 0 Å². The Morgan fingerprint density at radius 2 is 1.82 bits per heavy atom. The average Bonchev–Trinajstić information content (AvgIpc) is 2.83. The summed E-state index contributed by atoms with van der Waals surface area (Å²) >= 11 is 9.21. The lowest BCUT2D eigenvalue weighted by Crippen LogP contribution is -2.48. The lowest BCUT2D eigenvalue weighted by Gasteiger charge is -2.28. The maximum absolute atomic E-state index is 14.4. The van der Waals surface area contributed by atoms with Crippen molar-refractivity contribution in [2.24, 2.45) is 0 Å². The van der Waals surface area contributed by atoms with E-state index >= 15 is 0 Å². The van der Waals surface area contributed by atoms with Gasteiger partial charge in [-0.3, -0.25) is 0 Å². The van der Waals surface area contributed by atoms with E-state index in [1.807, 2.05) is 0 Å². The van der Waals surface area contributed by atoms with Crippen LogP contribution in [-0.2, 0) is 0 Å². The molecule has 0 aliphatic heterocycles. The second-order valence-corrected chi connectivity index (χ2v) is 8.39. The molecular formula is C21H21BrClF2N3O6. The number of anilines is 2. The van der Waals surface area contributed by atoms with Crippen molar-refractivity contribution < 1.29 is 38.7 Å². The lowest BCUT2D eigenvalue weighted by atomic mass is 10.0. The smallest absolute Gasteiger partial charge is 0.164 e. The van der Waals surface area contributed by atoms with Gasteiger partial charge in [0.1, 0.15) is 30.2 Å². The standard InChI is InChI=1S/C21H21BrClF2N3O6/c1-33-16-2-9-14(5-17(16)34-18(7-30)20(32)19(31)13(25)6-29)26-8-27-21(9)28-15-4-11(23)10(22)3-12(15)24/h2-5,8,13,18-20,29-32H,6-7H2,1H3,(H,26,27,28)/t13-,18-,19+,20+/m1/s1. The van der Waals surface area contributed by atoms with Crippen molar-refractivity contribution in [3.8, 4) is 11.5 Å². The van der Waals surface area contributed by atoms with Crippen molar-refractivity contribution in [2.75, 3.05) is 25.6 Å². The SMILES string of the molecule is COc1cc2c(Nc3cc(Cl)c(Br)cc3F)ncnc2cc1O[C@H](CO)[C@H](O)[C@@H](O)[C@H](F)CO. The molecule has 0 saturated heterocycles. The third-order valence-corrected chi connectivity index (χ3v) is 6.11. The quantitative estimate of drug-likeness (QED) is 0.235. The summed E-state index contributed by atoms with van der Waals surface area (Å²) in [4.78, 5) is 8.29. The molecule has 13 heteroatoms. The molecule has 2 aromatic carbocycles. The maximum atomic E-state index is 14.4. The molecule has 0 radical (unpaired) electrons. The summed E-state index contributed by atoms with van der Waals surface area (Å²) in [5, 5.41) is 42.0. The molecule has 5 N–H and O–H groups in total. The van der Waals surface area contributed by atoms with Gasteiger partial charge < -0.3 is 35.2 Å². The number of ether oxygens (including phenoxy) is 2. The Labute approximate surface area is 206 Å². The Bertz CT molecular complexity index is 1160. The zero-order valence-corrected chi connectivity index (χ0v) is 20.0. The number of alkyl halides is 1. The van der Waals surface area contributed by atoms with Crippen LogP contribution in [0.3, 0.4) is 0 Å². The number of rotatable bonds is 10. The Kier molecular flexibility index (Phi) is 8.79. The van der Waals surface area contributed by atoms with Crippen molar-refractivity contribution in [3.05, 3.63) is 45.9 Å². The van der Waals surface area contributed by atoms with Gasteiger partial charge in [0.2, 0.25) is 0 Å². The van der Waals surface area contributed by atoms with E-state index in [1.165, 1.54) is 37.7 Å². The molecule has 3 aromatic rings. The van der Waals surface area contributed by atoms with Crippen LogP contribution in [-0.4, -0.2) is 75.2 Å². The first-order valence-electron chi connectivity index (χ1n) is 9.83. The first-order chi connectivity index (χ1) is 16.2. The summed E-state index contributed by atoms with van der Waals surface area (Å²) < 4.78 is 39.3. The molecule has 0 fully saturated rings. The van der Waals surface area contributed by atoms with Crippen molar-refractivity contribution in [1.29, 1.82) is 0 Å². The molecule has 0 unspecified atom stereocenters. The highest BCUT2D eigenvalue weighted by Crippen LogP contribution is 2.37. The highest BCUT2D eigenvalue weighted by Gasteiger charge is 2.34. The average molecular weight is 565 g/mol. The largest absolute Gasteiger partial charge is 0.493 e. The molecule has 9 nitrogen and oxygen atoms in total. The molecule has 0 bridgehead atoms. The molecule has 3 rings (SSSR count). The Morgan fingerprint density at radius 1 is 1.09 bits per heavy atom. The van der Waals surface area contributed by atoms with E-state index in [1.54, 1.807) is 0 Å². The molecule has 184 valence electrons. The maximum Gasteiger partial charge on any atom is 0.164 e. The predicted molar refractivity (Wildman–Crippen MR) is 124 cm³/mol. The third-order valence-electron chi connectivity index (χ3n) is 4.92. The number of aliphatic hydroxyl groups excluding tert-OH is 4. The zero-order chi connectivity index (χ0) is 25.0. The van der Waals surface area contributed by atoms with Gasteiger partial charge in [0.25, 0.3) is 0 Å². The van der Waals surface area contributed by atoms with E-state index in [0.29, 0.717) is 15.4 Å². The fourth-order valence-electron chi connectivity index (χ4n) is 3.08. The molecule has 0 saturated carbocycles. The summed E-state index contributed by atoms with van der Waals surface area (Å²) in [6, 6.07) is 5.47.